The van der Waals surface area contributed by atoms with E-state index in [1.54, 1.807) is 24.3 Å². The summed E-state index contributed by atoms with van der Waals surface area (Å²) in [5, 5.41) is 28.4. The van der Waals surface area contributed by atoms with Crippen LogP contribution < -0.4 is 25.2 Å². The van der Waals surface area contributed by atoms with Gasteiger partial charge in [0, 0.05) is 10.8 Å². The Morgan fingerprint density at radius 1 is 0.700 bits per heavy atom. The summed E-state index contributed by atoms with van der Waals surface area (Å²) < 4.78 is 53.7. The maximum Gasteiger partial charge on any atom is 0.487 e. The second kappa shape index (κ2) is 20.3. The standard InChI is InChI=1S/C20H18F2N5O.C13H15BrFN4O.C7H5BFNO2/c1-20(2,14-5-7-15(21)8-6-14)12-25-19-24-11-18(26-27(19)28)13-4-9-16(22)17(10-13)23-3;1-13(2,9-3-5-10(15)6-4-9)8-17-12-16-7-11(14)18-19(12)20;1-10-7-4-5(8(11)12)2-3-6(7)9/h4-11H,12H2,1-2H3,(H,24,25)(H,26,28);3-7H,8H2,1-2H3,(H,16,17)(H,18,20);2-4,11-12H/q2*+1;. The molecule has 0 amide bonds. The predicted molar refractivity (Wildman–Crippen MR) is 222 cm³/mol. The van der Waals surface area contributed by atoms with Gasteiger partial charge >= 0.3 is 19.0 Å². The highest BCUT2D eigenvalue weighted by Gasteiger charge is 2.26. The normalized spacial score (nSPS) is 10.8. The van der Waals surface area contributed by atoms with E-state index in [1.807, 2.05) is 27.7 Å². The lowest BCUT2D eigenvalue weighted by atomic mass is 9.80. The van der Waals surface area contributed by atoms with Gasteiger partial charge in [-0.05, 0) is 80.5 Å². The third kappa shape index (κ3) is 12.6. The van der Waals surface area contributed by atoms with Gasteiger partial charge in [-0.3, -0.25) is 10.6 Å². The fourth-order valence-electron chi connectivity index (χ4n) is 5.24. The van der Waals surface area contributed by atoms with Crippen molar-refractivity contribution < 1.29 is 36.7 Å². The van der Waals surface area contributed by atoms with Crippen LogP contribution in [0.15, 0.2) is 102 Å². The number of hydrogen-bond donors (Lipinski definition) is 6. The first-order valence-corrected chi connectivity index (χ1v) is 18.5. The molecule has 0 unspecified atom stereocenters. The highest BCUT2D eigenvalue weighted by molar-refractivity contribution is 9.10. The Bertz CT molecular complexity index is 2630. The number of nitrogens with one attached hydrogen (secondary N) is 4. The molecule has 6 rings (SSSR count). The molecule has 0 saturated heterocycles. The van der Waals surface area contributed by atoms with E-state index in [4.69, 9.17) is 23.2 Å². The number of benzene rings is 4. The van der Waals surface area contributed by atoms with Gasteiger partial charge in [-0.2, -0.15) is 5.10 Å². The van der Waals surface area contributed by atoms with E-state index in [0.29, 0.717) is 38.0 Å². The third-order valence-electron chi connectivity index (χ3n) is 8.83. The SMILES string of the molecule is CC(C)(CNc1ncc(Br)[nH][n+]1=O)c1ccc(F)cc1.[C-]#[N+]c1cc(-c2cnc(NCC(C)(C)c3ccc(F)cc3)[n+](=O)[nH]2)ccc1F.[C-]#[N+]c1cc(B(O)O)ccc1F. The van der Waals surface area contributed by atoms with E-state index >= 15 is 0 Å². The predicted octanol–water partition coefficient (Wildman–Crippen LogP) is 6.88. The van der Waals surface area contributed by atoms with Crippen molar-refractivity contribution in [2.75, 3.05) is 23.7 Å². The molecule has 20 heteroatoms. The van der Waals surface area contributed by atoms with E-state index in [9.17, 15) is 27.4 Å². The molecule has 6 N–H and O–H groups in total. The van der Waals surface area contributed by atoms with E-state index < -0.39 is 18.8 Å². The van der Waals surface area contributed by atoms with E-state index in [-0.39, 0.29) is 51.2 Å². The smallest absolute Gasteiger partial charge is 0.423 e. The van der Waals surface area contributed by atoms with Crippen molar-refractivity contribution in [3.05, 3.63) is 169 Å². The van der Waals surface area contributed by atoms with Crippen LogP contribution in [0.25, 0.3) is 20.9 Å². The molecule has 0 atom stereocenters. The summed E-state index contributed by atoms with van der Waals surface area (Å²) >= 11 is 3.13. The molecule has 308 valence electrons. The average Bonchev–Trinajstić information content (AvgIpc) is 3.21. The van der Waals surface area contributed by atoms with Gasteiger partial charge in [0.15, 0.2) is 0 Å². The van der Waals surface area contributed by atoms with Crippen LogP contribution >= 0.6 is 15.9 Å². The largest absolute Gasteiger partial charge is 0.487 e. The molecule has 0 fully saturated rings. The average molecular weight is 890 g/mol. The fourth-order valence-corrected chi connectivity index (χ4v) is 5.50. The molecule has 2 aromatic heterocycles. The monoisotopic (exact) mass is 888 g/mol. The van der Waals surface area contributed by atoms with Crippen LogP contribution in [0, 0.1) is 46.2 Å². The van der Waals surface area contributed by atoms with Crippen LogP contribution in [-0.4, -0.2) is 50.4 Å². The molecule has 0 saturated carbocycles. The summed E-state index contributed by atoms with van der Waals surface area (Å²) in [6, 6.07) is 19.9. The van der Waals surface area contributed by atoms with Gasteiger partial charge in [-0.1, -0.05) is 89.9 Å². The van der Waals surface area contributed by atoms with Crippen molar-refractivity contribution in [2.24, 2.45) is 0 Å². The molecule has 14 nitrogen and oxygen atoms in total. The maximum atomic E-state index is 13.5. The Balaban J connectivity index is 0.000000216. The van der Waals surface area contributed by atoms with Gasteiger partial charge in [0.25, 0.3) is 0 Å². The topological polar surface area (TPSA) is 177 Å². The van der Waals surface area contributed by atoms with Crippen LogP contribution in [0.3, 0.4) is 0 Å². The van der Waals surface area contributed by atoms with E-state index in [2.05, 4.69) is 56.4 Å². The van der Waals surface area contributed by atoms with Gasteiger partial charge in [0.2, 0.25) is 11.4 Å². The summed E-state index contributed by atoms with van der Waals surface area (Å²) in [5.74, 6) is -1.61. The highest BCUT2D eigenvalue weighted by Crippen LogP contribution is 2.26. The lowest BCUT2D eigenvalue weighted by Crippen LogP contribution is -2.33. The molecular weight excluding hydrogens is 851 g/mol. The number of aromatic nitrogens is 6. The van der Waals surface area contributed by atoms with Gasteiger partial charge in [0.05, 0.1) is 35.3 Å². The molecule has 0 aliphatic rings. The Labute approximate surface area is 350 Å². The first-order valence-electron chi connectivity index (χ1n) is 17.7. The molecule has 0 aliphatic heterocycles. The summed E-state index contributed by atoms with van der Waals surface area (Å²) in [6.45, 7) is 22.3. The van der Waals surface area contributed by atoms with E-state index in [0.717, 1.165) is 23.3 Å². The number of H-pyrrole nitrogens is 2. The summed E-state index contributed by atoms with van der Waals surface area (Å²) in [4.78, 5) is 38.0. The van der Waals surface area contributed by atoms with Gasteiger partial charge in [-0.25, -0.2) is 32.4 Å². The quantitative estimate of drug-likeness (QED) is 0.0374. The second-order valence-electron chi connectivity index (χ2n) is 14.2. The van der Waals surface area contributed by atoms with E-state index in [1.165, 1.54) is 60.9 Å². The number of halogens is 5. The first-order chi connectivity index (χ1) is 28.3. The van der Waals surface area contributed by atoms with Crippen molar-refractivity contribution in [1.29, 1.82) is 0 Å². The Hall–Kier alpha value is -6.74. The summed E-state index contributed by atoms with van der Waals surface area (Å²) in [7, 11) is -1.66. The van der Waals surface area contributed by atoms with Crippen molar-refractivity contribution in [2.45, 2.75) is 38.5 Å². The van der Waals surface area contributed by atoms with Crippen molar-refractivity contribution >= 4 is 51.8 Å². The van der Waals surface area contributed by atoms with Gasteiger partial charge < -0.3 is 10.0 Å². The minimum absolute atomic E-state index is 0.0615. The van der Waals surface area contributed by atoms with Crippen molar-refractivity contribution in [3.8, 4) is 11.3 Å². The first kappa shape index (κ1) is 46.0. The highest BCUT2D eigenvalue weighted by atomic mass is 79.9. The zero-order valence-corrected chi connectivity index (χ0v) is 34.1. The molecule has 60 heavy (non-hydrogen) atoms. The minimum Gasteiger partial charge on any atom is -0.423 e. The van der Waals surface area contributed by atoms with Crippen LogP contribution in [0.2, 0.25) is 0 Å². The second-order valence-corrected chi connectivity index (χ2v) is 15.1. The maximum absolute atomic E-state index is 13.5. The number of aromatic amines is 2. The van der Waals surface area contributed by atoms with Crippen LogP contribution in [0.1, 0.15) is 38.8 Å². The van der Waals surface area contributed by atoms with Crippen molar-refractivity contribution in [1.82, 2.24) is 20.2 Å². The molecule has 2 heterocycles. The molecule has 0 aliphatic carbocycles. The third-order valence-corrected chi connectivity index (χ3v) is 9.21. The minimum atomic E-state index is -1.66. The van der Waals surface area contributed by atoms with Crippen molar-refractivity contribution in [3.63, 3.8) is 0 Å². The number of anilines is 2. The summed E-state index contributed by atoms with van der Waals surface area (Å²) in [5.41, 5.74) is 1.85. The molecule has 0 spiro atoms. The Morgan fingerprint density at radius 2 is 1.15 bits per heavy atom. The lowest BCUT2D eigenvalue weighted by molar-refractivity contribution is -0.554. The van der Waals surface area contributed by atoms with Gasteiger partial charge in [-0.15, -0.1) is 0 Å². The zero-order chi connectivity index (χ0) is 44.2. The van der Waals surface area contributed by atoms with Gasteiger partial charge in [0.1, 0.15) is 46.0 Å². The number of rotatable bonds is 10. The molecule has 0 radical (unpaired) electrons. The number of nitrogens with zero attached hydrogens (tertiary/aromatic N) is 6. The Morgan fingerprint density at radius 3 is 1.60 bits per heavy atom. The summed E-state index contributed by atoms with van der Waals surface area (Å²) in [6.07, 6.45) is 2.93. The molecule has 4 aromatic carbocycles. The zero-order valence-electron chi connectivity index (χ0n) is 32.5. The van der Waals surface area contributed by atoms with Crippen LogP contribution in [0.4, 0.5) is 40.8 Å². The number of hydrogen-bond acceptors (Lipinski definition) is 8. The Kier molecular flexibility index (Phi) is 15.5. The molecule has 6 aromatic rings. The fraction of sp³-hybridized carbons (Fsp3) is 0.200. The molecule has 0 bridgehead atoms. The molecular formula is C40H38BBrF4N10O4+2. The van der Waals surface area contributed by atoms with Crippen LogP contribution in [-0.2, 0) is 10.8 Å². The van der Waals surface area contributed by atoms with Crippen LogP contribution in [0.5, 0.6) is 0 Å². The lowest BCUT2D eigenvalue weighted by Gasteiger charge is -2.23.